The number of nitriles is 1. The maximum atomic E-state index is 13.8. The average Bonchev–Trinajstić information content (AvgIpc) is 3.50. The number of H-pyrrole nitrogens is 1. The zero-order chi connectivity index (χ0) is 22.1. The van der Waals surface area contributed by atoms with Crippen LogP contribution in [0.4, 0.5) is 4.39 Å². The normalized spacial score (nSPS) is 16.8. The van der Waals surface area contributed by atoms with Crippen molar-refractivity contribution in [3.8, 4) is 6.07 Å². The van der Waals surface area contributed by atoms with Crippen molar-refractivity contribution in [1.29, 1.82) is 5.26 Å². The number of nitrogens with zero attached hydrogens (tertiary/aromatic N) is 2. The molecule has 0 bridgehead atoms. The number of halogens is 1. The molecule has 1 aliphatic rings. The Labute approximate surface area is 174 Å². The maximum absolute atomic E-state index is 13.8. The number of nitrogens with one attached hydrogen (secondary N) is 2. The van der Waals surface area contributed by atoms with Gasteiger partial charge in [-0.15, -0.1) is 0 Å². The molecule has 1 amide bonds. The number of aliphatic imine (C=N–C) groups is 1. The van der Waals surface area contributed by atoms with Gasteiger partial charge in [0.05, 0.1) is 23.2 Å². The molecule has 1 saturated carbocycles. The van der Waals surface area contributed by atoms with Gasteiger partial charge in [-0.2, -0.15) is 5.26 Å². The summed E-state index contributed by atoms with van der Waals surface area (Å²) < 4.78 is 13.8. The van der Waals surface area contributed by atoms with Crippen LogP contribution in [0.25, 0.3) is 10.9 Å². The van der Waals surface area contributed by atoms with E-state index in [2.05, 4.69) is 21.4 Å². The lowest BCUT2D eigenvalue weighted by molar-refractivity contribution is -0.123. The number of fused-ring (bicyclic) bond motifs is 1. The third-order valence-electron chi connectivity index (χ3n) is 5.57. The second-order valence-electron chi connectivity index (χ2n) is 7.76. The van der Waals surface area contributed by atoms with Crippen LogP contribution in [0.2, 0.25) is 0 Å². The number of carbonyl (C=O) groups is 1. The molecule has 3 rings (SSSR count). The van der Waals surface area contributed by atoms with Gasteiger partial charge in [0.1, 0.15) is 5.82 Å². The first-order chi connectivity index (χ1) is 14.2. The van der Waals surface area contributed by atoms with E-state index in [9.17, 15) is 14.0 Å². The minimum Gasteiger partial charge on any atom is -0.347 e. The number of aryl methyl sites for hydroxylation is 1. The van der Waals surface area contributed by atoms with Crippen molar-refractivity contribution in [2.45, 2.75) is 52.0 Å². The first-order valence-corrected chi connectivity index (χ1v) is 9.99. The molecule has 1 aliphatic carbocycles. The van der Waals surface area contributed by atoms with E-state index in [1.807, 2.05) is 6.92 Å². The molecule has 0 spiro atoms. The highest BCUT2D eigenvalue weighted by molar-refractivity contribution is 6.03. The molecule has 1 aromatic heterocycles. The summed E-state index contributed by atoms with van der Waals surface area (Å²) in [5.74, 6) is -0.655. The van der Waals surface area contributed by atoms with Crippen molar-refractivity contribution in [2.75, 3.05) is 6.54 Å². The fourth-order valence-electron chi connectivity index (χ4n) is 3.87. The number of aromatic amines is 1. The number of rotatable bonds is 6. The van der Waals surface area contributed by atoms with Gasteiger partial charge >= 0.3 is 0 Å². The van der Waals surface area contributed by atoms with Gasteiger partial charge in [-0.1, -0.05) is 0 Å². The Balaban J connectivity index is 1.97. The van der Waals surface area contributed by atoms with Gasteiger partial charge in [0.15, 0.2) is 0 Å². The number of allylic oxidation sites excluding steroid dienone is 1. The lowest BCUT2D eigenvalue weighted by Gasteiger charge is -2.22. The second-order valence-corrected chi connectivity index (χ2v) is 7.76. The number of amides is 1. The Morgan fingerprint density at radius 2 is 2.17 bits per heavy atom. The van der Waals surface area contributed by atoms with E-state index in [1.54, 1.807) is 26.8 Å². The molecule has 2 aromatic rings. The molecule has 2 N–H and O–H groups in total. The summed E-state index contributed by atoms with van der Waals surface area (Å²) >= 11 is 0. The van der Waals surface area contributed by atoms with Crippen LogP contribution in [-0.2, 0) is 10.2 Å². The van der Waals surface area contributed by atoms with Crippen LogP contribution in [-0.4, -0.2) is 29.2 Å². The number of benzene rings is 1. The number of pyridine rings is 1. The summed E-state index contributed by atoms with van der Waals surface area (Å²) in [6.07, 6.45) is 2.75. The minimum atomic E-state index is -0.933. The van der Waals surface area contributed by atoms with Gasteiger partial charge in [0.25, 0.3) is 5.56 Å². The van der Waals surface area contributed by atoms with Crippen molar-refractivity contribution < 1.29 is 9.18 Å². The van der Waals surface area contributed by atoms with Crippen molar-refractivity contribution >= 4 is 22.5 Å². The summed E-state index contributed by atoms with van der Waals surface area (Å²) in [5, 5.41) is 12.6. The topological polar surface area (TPSA) is 98.1 Å². The van der Waals surface area contributed by atoms with Gasteiger partial charge in [-0.3, -0.25) is 14.6 Å². The number of hydrogen-bond acceptors (Lipinski definition) is 4. The van der Waals surface area contributed by atoms with Crippen LogP contribution in [0, 0.1) is 24.1 Å². The quantitative estimate of drug-likeness (QED) is 0.566. The lowest BCUT2D eigenvalue weighted by Crippen LogP contribution is -2.45. The average molecular weight is 408 g/mol. The van der Waals surface area contributed by atoms with E-state index >= 15 is 0 Å². The van der Waals surface area contributed by atoms with Gasteiger partial charge in [-0.25, -0.2) is 4.39 Å². The molecule has 0 unspecified atom stereocenters. The van der Waals surface area contributed by atoms with Gasteiger partial charge in [0, 0.05) is 28.6 Å². The van der Waals surface area contributed by atoms with Crippen molar-refractivity contribution in [2.24, 2.45) is 4.99 Å². The van der Waals surface area contributed by atoms with Crippen molar-refractivity contribution in [3.63, 3.8) is 0 Å². The van der Waals surface area contributed by atoms with Crippen LogP contribution < -0.4 is 10.9 Å². The summed E-state index contributed by atoms with van der Waals surface area (Å²) in [5.41, 5.74) is 1.40. The molecular weight excluding hydrogens is 383 g/mol. The fraction of sp³-hybridized carbons (Fsp3) is 0.391. The van der Waals surface area contributed by atoms with Gasteiger partial charge in [-0.05, 0) is 70.4 Å². The van der Waals surface area contributed by atoms with E-state index in [-0.39, 0.29) is 11.5 Å². The van der Waals surface area contributed by atoms with Crippen LogP contribution in [0.3, 0.4) is 0 Å². The highest BCUT2D eigenvalue weighted by Crippen LogP contribution is 2.49. The van der Waals surface area contributed by atoms with E-state index in [1.165, 1.54) is 18.2 Å². The predicted molar refractivity (Wildman–Crippen MR) is 115 cm³/mol. The van der Waals surface area contributed by atoms with Gasteiger partial charge < -0.3 is 10.3 Å². The molecule has 156 valence electrons. The Kier molecular flexibility index (Phi) is 5.88. The highest BCUT2D eigenvalue weighted by atomic mass is 19.1. The van der Waals surface area contributed by atoms with Crippen LogP contribution in [0.1, 0.15) is 44.7 Å². The number of aromatic nitrogens is 1. The Morgan fingerprint density at radius 1 is 1.47 bits per heavy atom. The molecule has 7 heteroatoms. The molecule has 6 nitrogen and oxygen atoms in total. The molecule has 1 heterocycles. The Bertz CT molecular complexity index is 1170. The maximum Gasteiger partial charge on any atom is 0.252 e. The smallest absolute Gasteiger partial charge is 0.252 e. The van der Waals surface area contributed by atoms with Crippen LogP contribution >= 0.6 is 0 Å². The SMILES string of the molecule is CCN=C(/C=C(\C)C#N)[C@H](C)NC(=O)C1(c2c(C)c3cc(F)ccc3[nH]c2=O)CC1. The second kappa shape index (κ2) is 8.23. The molecule has 0 aliphatic heterocycles. The number of carbonyl (C=O) groups excluding carboxylic acids is 1. The molecule has 0 saturated heterocycles. The van der Waals surface area contributed by atoms with E-state index in [4.69, 9.17) is 5.26 Å². The predicted octanol–water partition coefficient (Wildman–Crippen LogP) is 3.44. The monoisotopic (exact) mass is 408 g/mol. The standard InChI is InChI=1S/C23H25FN4O2/c1-5-26-19(10-13(2)12-25)15(4)27-22(30)23(8-9-23)20-14(3)17-11-16(24)6-7-18(17)28-21(20)29/h6-7,10-11,15H,5,8-9H2,1-4H3,(H,27,30)(H,28,29)/b13-10+,26-19?/t15-/m0/s1. The van der Waals surface area contributed by atoms with E-state index in [0.717, 1.165) is 0 Å². The highest BCUT2D eigenvalue weighted by Gasteiger charge is 2.54. The van der Waals surface area contributed by atoms with E-state index < -0.39 is 17.3 Å². The van der Waals surface area contributed by atoms with Gasteiger partial charge in [0.2, 0.25) is 5.91 Å². The van der Waals surface area contributed by atoms with Crippen molar-refractivity contribution in [1.82, 2.24) is 10.3 Å². The molecular formula is C23H25FN4O2. The molecule has 1 fully saturated rings. The zero-order valence-corrected chi connectivity index (χ0v) is 17.6. The van der Waals surface area contributed by atoms with Crippen LogP contribution in [0.5, 0.6) is 0 Å². The van der Waals surface area contributed by atoms with E-state index in [0.29, 0.717) is 52.7 Å². The first kappa shape index (κ1) is 21.4. The lowest BCUT2D eigenvalue weighted by atomic mass is 9.89. The first-order valence-electron chi connectivity index (χ1n) is 9.99. The summed E-state index contributed by atoms with van der Waals surface area (Å²) in [6, 6.07) is 5.84. The molecule has 1 atom stereocenters. The minimum absolute atomic E-state index is 0.258. The third kappa shape index (κ3) is 3.90. The van der Waals surface area contributed by atoms with Crippen LogP contribution in [0.15, 0.2) is 39.6 Å². The Hall–Kier alpha value is -3.27. The Morgan fingerprint density at radius 3 is 2.77 bits per heavy atom. The molecule has 1 aromatic carbocycles. The zero-order valence-electron chi connectivity index (χ0n) is 17.6. The summed E-state index contributed by atoms with van der Waals surface area (Å²) in [6.45, 7) is 7.64. The number of hydrogen-bond donors (Lipinski definition) is 2. The molecule has 30 heavy (non-hydrogen) atoms. The molecule has 0 radical (unpaired) electrons. The summed E-state index contributed by atoms with van der Waals surface area (Å²) in [4.78, 5) is 33.2. The fourth-order valence-corrected chi connectivity index (χ4v) is 3.87. The largest absolute Gasteiger partial charge is 0.347 e. The summed E-state index contributed by atoms with van der Waals surface area (Å²) in [7, 11) is 0. The third-order valence-corrected chi connectivity index (χ3v) is 5.57. The van der Waals surface area contributed by atoms with Crippen molar-refractivity contribution in [3.05, 3.63) is 57.1 Å².